The van der Waals surface area contributed by atoms with E-state index in [0.29, 0.717) is 11.5 Å². The third-order valence-electron chi connectivity index (χ3n) is 3.57. The molecule has 2 unspecified atom stereocenters. The molecule has 1 aromatic rings. The van der Waals surface area contributed by atoms with E-state index in [1.807, 2.05) is 0 Å². The number of rotatable bonds is 1. The van der Waals surface area contributed by atoms with Crippen LogP contribution in [-0.2, 0) is 0 Å². The van der Waals surface area contributed by atoms with Crippen LogP contribution in [0.1, 0.15) is 24.4 Å². The van der Waals surface area contributed by atoms with Crippen LogP contribution in [0.25, 0.3) is 0 Å². The number of hydrogen-bond donors (Lipinski definition) is 1. The molecule has 0 radical (unpaired) electrons. The fourth-order valence-corrected chi connectivity index (χ4v) is 2.69. The van der Waals surface area contributed by atoms with Crippen molar-refractivity contribution in [2.75, 3.05) is 13.1 Å². The second-order valence-electron chi connectivity index (χ2n) is 4.69. The number of halogens is 2. The van der Waals surface area contributed by atoms with Crippen molar-refractivity contribution in [1.82, 2.24) is 5.32 Å². The fourth-order valence-electron chi connectivity index (χ4n) is 2.69. The van der Waals surface area contributed by atoms with Gasteiger partial charge in [-0.15, -0.1) is 0 Å². The predicted octanol–water partition coefficient (Wildman–Crippen LogP) is 2.46. The number of piperidine rings is 1. The number of fused-ring (bicyclic) bond motifs is 1. The van der Waals surface area contributed by atoms with Crippen LogP contribution in [0.2, 0.25) is 0 Å². The van der Waals surface area contributed by atoms with E-state index in [9.17, 15) is 8.78 Å². The maximum absolute atomic E-state index is 13.7. The zero-order valence-electron chi connectivity index (χ0n) is 9.42. The Bertz CT molecular complexity index is 470. The molecule has 4 heteroatoms. The zero-order chi connectivity index (χ0) is 11.8. The smallest absolute Gasteiger partial charge is 0.131 e. The van der Waals surface area contributed by atoms with E-state index in [-0.39, 0.29) is 6.04 Å². The van der Waals surface area contributed by atoms with Crippen LogP contribution in [-0.4, -0.2) is 18.8 Å². The van der Waals surface area contributed by atoms with Crippen LogP contribution in [0.5, 0.6) is 0 Å². The van der Waals surface area contributed by atoms with E-state index >= 15 is 0 Å². The van der Waals surface area contributed by atoms with E-state index in [2.05, 4.69) is 10.3 Å². The highest BCUT2D eigenvalue weighted by atomic mass is 19.1. The van der Waals surface area contributed by atoms with Gasteiger partial charge < -0.3 is 5.32 Å². The lowest BCUT2D eigenvalue weighted by molar-refractivity contribution is 0.500. The Hall–Kier alpha value is -1.29. The van der Waals surface area contributed by atoms with Gasteiger partial charge in [-0.05, 0) is 18.9 Å². The lowest BCUT2D eigenvalue weighted by Gasteiger charge is -2.19. The van der Waals surface area contributed by atoms with E-state index in [4.69, 9.17) is 0 Å². The summed E-state index contributed by atoms with van der Waals surface area (Å²) in [6, 6.07) is 3.63. The largest absolute Gasteiger partial charge is 0.316 e. The first-order chi connectivity index (χ1) is 8.24. The van der Waals surface area contributed by atoms with Crippen LogP contribution >= 0.6 is 0 Å². The third kappa shape index (κ3) is 1.97. The van der Waals surface area contributed by atoms with Gasteiger partial charge in [0.05, 0.1) is 6.04 Å². The summed E-state index contributed by atoms with van der Waals surface area (Å²) >= 11 is 0. The van der Waals surface area contributed by atoms with Crippen LogP contribution in [0, 0.1) is 17.6 Å². The quantitative estimate of drug-likeness (QED) is 0.795. The van der Waals surface area contributed by atoms with Crippen molar-refractivity contribution in [2.24, 2.45) is 10.9 Å². The summed E-state index contributed by atoms with van der Waals surface area (Å²) in [6.45, 7) is 1.88. The first-order valence-electron chi connectivity index (χ1n) is 5.96. The second-order valence-corrected chi connectivity index (χ2v) is 4.69. The summed E-state index contributed by atoms with van der Waals surface area (Å²) in [4.78, 5) is 4.58. The van der Waals surface area contributed by atoms with Crippen molar-refractivity contribution in [3.8, 4) is 0 Å². The normalized spacial score (nSPS) is 27.8. The molecular formula is C13H14F2N2. The average molecular weight is 236 g/mol. The van der Waals surface area contributed by atoms with Crippen molar-refractivity contribution in [3.05, 3.63) is 35.4 Å². The van der Waals surface area contributed by atoms with Gasteiger partial charge in [-0.2, -0.15) is 0 Å². The zero-order valence-corrected chi connectivity index (χ0v) is 9.42. The lowest BCUT2D eigenvalue weighted by Crippen LogP contribution is -2.34. The number of nitrogens with zero attached hydrogens (tertiary/aromatic N) is 1. The van der Waals surface area contributed by atoms with Crippen LogP contribution in [0.3, 0.4) is 0 Å². The van der Waals surface area contributed by atoms with Crippen molar-refractivity contribution >= 4 is 5.71 Å². The molecule has 1 N–H and O–H groups in total. The van der Waals surface area contributed by atoms with Crippen LogP contribution in [0.15, 0.2) is 23.2 Å². The van der Waals surface area contributed by atoms with E-state index in [1.165, 1.54) is 17.8 Å². The van der Waals surface area contributed by atoms with Gasteiger partial charge >= 0.3 is 0 Å². The number of hydrogen-bond acceptors (Lipinski definition) is 2. The Kier molecular flexibility index (Phi) is 2.67. The van der Waals surface area contributed by atoms with Crippen molar-refractivity contribution in [2.45, 2.75) is 18.9 Å². The molecule has 3 rings (SSSR count). The topological polar surface area (TPSA) is 24.4 Å². The van der Waals surface area contributed by atoms with E-state index in [1.54, 1.807) is 0 Å². The molecule has 17 heavy (non-hydrogen) atoms. The predicted molar refractivity (Wildman–Crippen MR) is 62.1 cm³/mol. The monoisotopic (exact) mass is 236 g/mol. The van der Waals surface area contributed by atoms with Gasteiger partial charge in [0.15, 0.2) is 0 Å². The highest BCUT2D eigenvalue weighted by Gasteiger charge is 2.31. The molecule has 2 heterocycles. The summed E-state index contributed by atoms with van der Waals surface area (Å²) in [7, 11) is 0. The molecule has 0 spiro atoms. The molecule has 1 saturated heterocycles. The molecule has 2 nitrogen and oxygen atoms in total. The van der Waals surface area contributed by atoms with Gasteiger partial charge in [0.1, 0.15) is 11.6 Å². The average Bonchev–Trinajstić information content (AvgIpc) is 2.72. The number of aliphatic imine (C=N–C) groups is 1. The van der Waals surface area contributed by atoms with Crippen molar-refractivity contribution < 1.29 is 8.78 Å². The Morgan fingerprint density at radius 1 is 1.29 bits per heavy atom. The number of nitrogens with one attached hydrogen (secondary N) is 1. The Balaban J connectivity index is 1.88. The van der Waals surface area contributed by atoms with Gasteiger partial charge in [-0.3, -0.25) is 4.99 Å². The highest BCUT2D eigenvalue weighted by molar-refractivity contribution is 5.89. The summed E-state index contributed by atoms with van der Waals surface area (Å²) in [5.74, 6) is -0.583. The molecule has 90 valence electrons. The Morgan fingerprint density at radius 2 is 2.18 bits per heavy atom. The van der Waals surface area contributed by atoms with Crippen LogP contribution in [0.4, 0.5) is 8.78 Å². The van der Waals surface area contributed by atoms with Gasteiger partial charge in [-0.25, -0.2) is 8.78 Å². The number of benzene rings is 1. The molecule has 0 amide bonds. The molecule has 1 fully saturated rings. The molecule has 0 bridgehead atoms. The molecule has 0 aromatic heterocycles. The summed E-state index contributed by atoms with van der Waals surface area (Å²) in [5.41, 5.74) is 1.71. The SMILES string of the molecule is Fc1ccc(C2CC3CNCCC3=N2)c(F)c1. The fraction of sp³-hybridized carbons (Fsp3) is 0.462. The highest BCUT2D eigenvalue weighted by Crippen LogP contribution is 2.35. The molecular weight excluding hydrogens is 222 g/mol. The first-order valence-corrected chi connectivity index (χ1v) is 5.96. The summed E-state index contributed by atoms with van der Waals surface area (Å²) in [6.07, 6.45) is 1.79. The summed E-state index contributed by atoms with van der Waals surface area (Å²) < 4.78 is 26.5. The minimum absolute atomic E-state index is 0.129. The van der Waals surface area contributed by atoms with E-state index in [0.717, 1.165) is 32.0 Å². The standard InChI is InChI=1S/C13H14F2N2/c14-9-1-2-10(11(15)6-9)13-5-8-7-16-4-3-12(8)17-13/h1-2,6,8,13,16H,3-5,7H2. The maximum Gasteiger partial charge on any atom is 0.131 e. The molecule has 2 aliphatic heterocycles. The Labute approximate surface area is 98.8 Å². The molecule has 2 aliphatic rings. The van der Waals surface area contributed by atoms with Gasteiger partial charge in [0.25, 0.3) is 0 Å². The maximum atomic E-state index is 13.7. The third-order valence-corrected chi connectivity index (χ3v) is 3.57. The van der Waals surface area contributed by atoms with Crippen LogP contribution < -0.4 is 5.32 Å². The summed E-state index contributed by atoms with van der Waals surface area (Å²) in [5, 5.41) is 3.32. The molecule has 0 saturated carbocycles. The lowest BCUT2D eigenvalue weighted by atomic mass is 9.92. The molecule has 0 aliphatic carbocycles. The Morgan fingerprint density at radius 3 is 2.94 bits per heavy atom. The van der Waals surface area contributed by atoms with Gasteiger partial charge in [0, 0.05) is 36.3 Å². The van der Waals surface area contributed by atoms with Gasteiger partial charge in [0.2, 0.25) is 0 Å². The molecule has 1 aromatic carbocycles. The minimum atomic E-state index is -0.531. The van der Waals surface area contributed by atoms with Crippen molar-refractivity contribution in [1.29, 1.82) is 0 Å². The first kappa shape index (κ1) is 10.8. The van der Waals surface area contributed by atoms with Crippen molar-refractivity contribution in [3.63, 3.8) is 0 Å². The minimum Gasteiger partial charge on any atom is -0.316 e. The van der Waals surface area contributed by atoms with Gasteiger partial charge in [-0.1, -0.05) is 6.07 Å². The van der Waals surface area contributed by atoms with E-state index < -0.39 is 11.6 Å². The molecule has 2 atom stereocenters. The second kappa shape index (κ2) is 4.18.